The Morgan fingerprint density at radius 2 is 0.375 bits per heavy atom. The Bertz CT molecular complexity index is 308. The molecule has 12 nitrogen and oxygen atoms in total. The molecular formula is Cu4F4O12P4. The van der Waals surface area contributed by atoms with E-state index in [1.807, 2.05) is 0 Å². The second-order valence-corrected chi connectivity index (χ2v) is 5.17. The molecular weight excluding hydrogens is 646 g/mol. The van der Waals surface area contributed by atoms with Gasteiger partial charge in [-0.25, -0.2) is 16.8 Å². The first kappa shape index (κ1) is 50.3. The van der Waals surface area contributed by atoms with Gasteiger partial charge in [0.15, 0.2) is 0 Å². The maximum atomic E-state index is 10.1. The third kappa shape index (κ3) is 2320. The van der Waals surface area contributed by atoms with Crippen molar-refractivity contribution in [2.45, 2.75) is 0 Å². The van der Waals surface area contributed by atoms with Crippen molar-refractivity contribution in [1.29, 1.82) is 0 Å². The van der Waals surface area contributed by atoms with E-state index >= 15 is 0 Å². The molecule has 0 aromatic carbocycles. The SMILES string of the molecule is O=P([O-])([O-])F.O=P([O-])([O-])F.O=P([O-])([O-])F.O=P([O-])([O-])F.[Cu+2].[Cu+2].[Cu+2].[Cu+2]. The molecule has 0 fully saturated rings. The molecule has 0 aromatic heterocycles. The molecule has 24 heavy (non-hydrogen) atoms. The van der Waals surface area contributed by atoms with Crippen molar-refractivity contribution >= 4 is 31.6 Å². The molecule has 0 rings (SSSR count). The number of hydrogen-bond acceptors (Lipinski definition) is 12. The number of halogens is 4. The van der Waals surface area contributed by atoms with Gasteiger partial charge in [0, 0.05) is 0 Å². The molecule has 4 radical (unpaired) electrons. The standard InChI is InChI=1S/4Cu.4FH2O3P/c;;;;4*1-5(2,3)4/h;;;;4*(H2,2,3,4)/q4*+2;;;;/p-8. The zero-order chi connectivity index (χ0) is 18.0. The minimum Gasteiger partial charge on any atom is -0.786 e. The van der Waals surface area contributed by atoms with Gasteiger partial charge in [-0.05, 0) is 0 Å². The van der Waals surface area contributed by atoms with Crippen LogP contribution < -0.4 is 39.1 Å². The van der Waals surface area contributed by atoms with Gasteiger partial charge >= 0.3 is 68.3 Å². The van der Waals surface area contributed by atoms with Crippen LogP contribution in [0.1, 0.15) is 0 Å². The van der Waals surface area contributed by atoms with Crippen LogP contribution in [0.3, 0.4) is 0 Å². The second kappa shape index (κ2) is 21.7. The summed E-state index contributed by atoms with van der Waals surface area (Å²) in [7, 11) is -22.6. The van der Waals surface area contributed by atoms with Crippen LogP contribution in [-0.4, -0.2) is 0 Å². The zero-order valence-corrected chi connectivity index (χ0v) is 16.8. The van der Waals surface area contributed by atoms with E-state index in [1.54, 1.807) is 0 Å². The summed E-state index contributed by atoms with van der Waals surface area (Å²) >= 11 is 0. The normalized spacial score (nSPS) is 9.83. The zero-order valence-electron chi connectivity index (χ0n) is 9.41. The maximum absolute atomic E-state index is 10.1. The Kier molecular flexibility index (Phi) is 45.5. The summed E-state index contributed by atoms with van der Waals surface area (Å²) in [6, 6.07) is 0. The topological polar surface area (TPSA) is 253 Å². The molecule has 0 amide bonds. The van der Waals surface area contributed by atoms with E-state index in [1.165, 1.54) is 0 Å². The van der Waals surface area contributed by atoms with Crippen molar-refractivity contribution in [3.05, 3.63) is 0 Å². The maximum Gasteiger partial charge on any atom is 2.00 e. The molecule has 164 valence electrons. The predicted octanol–water partition coefficient (Wildman–Crippen LogP) is -4.87. The summed E-state index contributed by atoms with van der Waals surface area (Å²) in [5.74, 6) is 0. The predicted molar refractivity (Wildman–Crippen MR) is 34.9 cm³/mol. The van der Waals surface area contributed by atoms with E-state index in [0.717, 1.165) is 0 Å². The van der Waals surface area contributed by atoms with E-state index in [-0.39, 0.29) is 68.3 Å². The summed E-state index contributed by atoms with van der Waals surface area (Å²) in [5.41, 5.74) is 0. The second-order valence-electron chi connectivity index (χ2n) is 1.72. The van der Waals surface area contributed by atoms with E-state index in [2.05, 4.69) is 0 Å². The van der Waals surface area contributed by atoms with Gasteiger partial charge in [0.2, 0.25) is 0 Å². The van der Waals surface area contributed by atoms with Gasteiger partial charge in [-0.3, -0.25) is 0 Å². The molecule has 0 spiro atoms. The van der Waals surface area contributed by atoms with Gasteiger partial charge in [-0.1, -0.05) is 0 Å². The fourth-order valence-corrected chi connectivity index (χ4v) is 0. The van der Waals surface area contributed by atoms with Crippen LogP contribution >= 0.6 is 31.6 Å². The monoisotopic (exact) mass is 644 g/mol. The van der Waals surface area contributed by atoms with Gasteiger partial charge < -0.3 is 57.4 Å². The van der Waals surface area contributed by atoms with E-state index in [0.29, 0.717) is 0 Å². The van der Waals surface area contributed by atoms with Crippen LogP contribution in [0.4, 0.5) is 16.8 Å². The van der Waals surface area contributed by atoms with Crippen molar-refractivity contribution in [3.63, 3.8) is 0 Å². The molecule has 0 heterocycles. The fourth-order valence-electron chi connectivity index (χ4n) is 0. The third-order valence-corrected chi connectivity index (χ3v) is 0. The molecule has 0 saturated heterocycles. The molecule has 0 atom stereocenters. The van der Waals surface area contributed by atoms with Crippen molar-refractivity contribution in [2.75, 3.05) is 0 Å². The molecule has 0 N–H and O–H groups in total. The Morgan fingerprint density at radius 1 is 0.375 bits per heavy atom. The molecule has 0 bridgehead atoms. The van der Waals surface area contributed by atoms with Crippen molar-refractivity contribution in [1.82, 2.24) is 0 Å². The van der Waals surface area contributed by atoms with Crippen LogP contribution in [0.25, 0.3) is 0 Å². The molecule has 0 aliphatic carbocycles. The first-order valence-electron chi connectivity index (χ1n) is 2.87. The molecule has 24 heteroatoms. The summed E-state index contributed by atoms with van der Waals surface area (Å²) in [6.07, 6.45) is 0. The van der Waals surface area contributed by atoms with Gasteiger partial charge in [0.05, 0.1) is 0 Å². The van der Waals surface area contributed by atoms with Gasteiger partial charge in [0.25, 0.3) is 0 Å². The molecule has 0 aliphatic rings. The van der Waals surface area contributed by atoms with Crippen molar-refractivity contribution < 1.29 is 142 Å². The molecule has 0 aliphatic heterocycles. The summed E-state index contributed by atoms with van der Waals surface area (Å²) in [6.45, 7) is 0. The Balaban J connectivity index is -0.0000000225. The largest absolute Gasteiger partial charge is 2.00 e. The first-order valence-corrected chi connectivity index (χ1v) is 8.60. The first-order chi connectivity index (χ1) is 8.00. The minimum absolute atomic E-state index is 0. The summed E-state index contributed by atoms with van der Waals surface area (Å²) in [4.78, 5) is 67.5. The van der Waals surface area contributed by atoms with E-state index < -0.39 is 31.6 Å². The molecule has 0 aromatic rings. The van der Waals surface area contributed by atoms with Gasteiger partial charge in [-0.15, -0.1) is 0 Å². The molecule has 0 saturated carbocycles. The molecule has 0 unspecified atom stereocenters. The van der Waals surface area contributed by atoms with E-state index in [4.69, 9.17) is 57.4 Å². The third-order valence-electron chi connectivity index (χ3n) is 0. The van der Waals surface area contributed by atoms with Gasteiger partial charge in [0.1, 0.15) is 31.6 Å². The van der Waals surface area contributed by atoms with Crippen LogP contribution in [-0.2, 0) is 86.5 Å². The van der Waals surface area contributed by atoms with Gasteiger partial charge in [-0.2, -0.15) is 0 Å². The van der Waals surface area contributed by atoms with Crippen LogP contribution in [0, 0.1) is 0 Å². The summed E-state index contributed by atoms with van der Waals surface area (Å²) in [5, 5.41) is 0. The van der Waals surface area contributed by atoms with Crippen LogP contribution in [0.15, 0.2) is 0 Å². The van der Waals surface area contributed by atoms with Crippen LogP contribution in [0.5, 0.6) is 0 Å². The Hall–Kier alpha value is 2.40. The average Bonchev–Trinajstić information content (AvgIpc) is 1.62. The minimum atomic E-state index is -5.64. The average molecular weight is 646 g/mol. The fraction of sp³-hybridized carbons (Fsp3) is 0. The number of rotatable bonds is 0. The number of hydrogen-bond donors (Lipinski definition) is 0. The Morgan fingerprint density at radius 3 is 0.375 bits per heavy atom. The quantitative estimate of drug-likeness (QED) is 0.136. The summed E-state index contributed by atoms with van der Waals surface area (Å²) < 4.78 is 74.3. The van der Waals surface area contributed by atoms with Crippen LogP contribution in [0.2, 0.25) is 0 Å². The van der Waals surface area contributed by atoms with Crippen molar-refractivity contribution in [2.24, 2.45) is 0 Å². The van der Waals surface area contributed by atoms with E-state index in [9.17, 15) is 16.8 Å². The smallest absolute Gasteiger partial charge is 0.786 e. The Labute approximate surface area is 173 Å². The van der Waals surface area contributed by atoms with Crippen molar-refractivity contribution in [3.8, 4) is 0 Å².